The van der Waals surface area contributed by atoms with Crippen molar-refractivity contribution in [3.8, 4) is 0 Å². The highest BCUT2D eigenvalue weighted by Gasteiger charge is 2.11. The minimum absolute atomic E-state index is 0.0949. The highest BCUT2D eigenvalue weighted by atomic mass is 35.5. The fourth-order valence-corrected chi connectivity index (χ4v) is 4.59. The third-order valence-electron chi connectivity index (χ3n) is 3.03. The molecule has 0 saturated carbocycles. The normalized spacial score (nSPS) is 11.3. The molecule has 0 aliphatic heterocycles. The second-order valence-corrected chi connectivity index (χ2v) is 8.61. The Morgan fingerprint density at radius 3 is 1.32 bits per heavy atom. The van der Waals surface area contributed by atoms with Gasteiger partial charge in [-0.05, 0) is 35.9 Å². The first-order valence-electron chi connectivity index (χ1n) is 6.52. The van der Waals surface area contributed by atoms with E-state index in [1.54, 1.807) is 7.91 Å². The van der Waals surface area contributed by atoms with E-state index in [1.165, 1.54) is 23.1 Å². The summed E-state index contributed by atoms with van der Waals surface area (Å²) in [6.07, 6.45) is 3.60. The molecular formula is C12H12Cl4N2O2S2. The number of halogens is 4. The van der Waals surface area contributed by atoms with E-state index in [-0.39, 0.29) is 21.2 Å². The highest BCUT2D eigenvalue weighted by Crippen LogP contribution is 2.24. The molecule has 0 N–H and O–H groups in total. The van der Waals surface area contributed by atoms with E-state index in [0.717, 1.165) is 25.7 Å². The second kappa shape index (κ2) is 8.22. The zero-order chi connectivity index (χ0) is 16.3. The maximum absolute atomic E-state index is 11.7. The van der Waals surface area contributed by atoms with Gasteiger partial charge >= 0.3 is 0 Å². The van der Waals surface area contributed by atoms with E-state index < -0.39 is 0 Å². The van der Waals surface area contributed by atoms with Crippen molar-refractivity contribution in [1.29, 1.82) is 0 Å². The van der Waals surface area contributed by atoms with Gasteiger partial charge in [0.05, 0.1) is 0 Å². The predicted molar refractivity (Wildman–Crippen MR) is 95.7 cm³/mol. The van der Waals surface area contributed by atoms with Crippen LogP contribution >= 0.6 is 69.5 Å². The Hall–Kier alpha value is 0.0200. The Morgan fingerprint density at radius 2 is 1.05 bits per heavy atom. The number of rotatable bonds is 7. The molecule has 122 valence electrons. The number of hydrogen-bond donors (Lipinski definition) is 0. The molecule has 0 fully saturated rings. The molecule has 4 nitrogen and oxygen atoms in total. The molecule has 0 unspecified atom stereocenters. The smallest absolute Gasteiger partial charge is 0.267 e. The second-order valence-electron chi connectivity index (χ2n) is 4.59. The maximum Gasteiger partial charge on any atom is 0.280 e. The van der Waals surface area contributed by atoms with Crippen molar-refractivity contribution in [2.24, 2.45) is 0 Å². The van der Waals surface area contributed by atoms with Gasteiger partial charge in [0.2, 0.25) is 0 Å². The van der Waals surface area contributed by atoms with Crippen LogP contribution in [0.5, 0.6) is 0 Å². The zero-order valence-electron chi connectivity index (χ0n) is 11.3. The molecule has 0 saturated heterocycles. The molecule has 2 heterocycles. The first-order chi connectivity index (χ1) is 10.4. The van der Waals surface area contributed by atoms with Crippen molar-refractivity contribution in [3.63, 3.8) is 0 Å². The molecule has 0 radical (unpaired) electrons. The SMILES string of the molecule is O=c1c(Cl)c(Cl)sn1CCCCCCn1sc(Cl)c(Cl)c1=O. The molecule has 22 heavy (non-hydrogen) atoms. The number of hydrogen-bond acceptors (Lipinski definition) is 4. The summed E-state index contributed by atoms with van der Waals surface area (Å²) in [5.74, 6) is 0. The standard InChI is InChI=1S/C12H12Cl4N2O2S2/c13-7-9(15)21-17(11(7)19)5-3-1-2-4-6-18-12(20)8(14)10(16)22-18/h1-6H2. The van der Waals surface area contributed by atoms with Crippen LogP contribution in [-0.2, 0) is 13.1 Å². The van der Waals surface area contributed by atoms with Crippen molar-refractivity contribution in [2.45, 2.75) is 38.8 Å². The Kier molecular flexibility index (Phi) is 6.86. The van der Waals surface area contributed by atoms with E-state index in [1.807, 2.05) is 0 Å². The lowest BCUT2D eigenvalue weighted by Gasteiger charge is -2.02. The van der Waals surface area contributed by atoms with E-state index in [4.69, 9.17) is 46.4 Å². The van der Waals surface area contributed by atoms with E-state index in [0.29, 0.717) is 21.8 Å². The summed E-state index contributed by atoms with van der Waals surface area (Å²) in [6, 6.07) is 0. The van der Waals surface area contributed by atoms with Crippen LogP contribution in [0.25, 0.3) is 0 Å². The van der Waals surface area contributed by atoms with Crippen molar-refractivity contribution in [1.82, 2.24) is 7.91 Å². The molecule has 0 aromatic carbocycles. The Morgan fingerprint density at radius 1 is 0.682 bits per heavy atom. The molecule has 0 atom stereocenters. The molecule has 0 amide bonds. The monoisotopic (exact) mass is 420 g/mol. The number of aryl methyl sites for hydroxylation is 2. The third kappa shape index (κ3) is 4.30. The van der Waals surface area contributed by atoms with Crippen LogP contribution in [0.4, 0.5) is 0 Å². The topological polar surface area (TPSA) is 44.0 Å². The molecule has 2 aromatic heterocycles. The van der Waals surface area contributed by atoms with Crippen molar-refractivity contribution in [2.75, 3.05) is 0 Å². The number of aromatic nitrogens is 2. The maximum atomic E-state index is 11.7. The van der Waals surface area contributed by atoms with Gasteiger partial charge in [-0.2, -0.15) is 0 Å². The van der Waals surface area contributed by atoms with Gasteiger partial charge in [0.15, 0.2) is 0 Å². The zero-order valence-corrected chi connectivity index (χ0v) is 15.9. The van der Waals surface area contributed by atoms with Gasteiger partial charge in [-0.3, -0.25) is 17.5 Å². The summed E-state index contributed by atoms with van der Waals surface area (Å²) in [5, 5.41) is 0.190. The van der Waals surface area contributed by atoms with Gasteiger partial charge in [-0.25, -0.2) is 0 Å². The molecule has 0 spiro atoms. The van der Waals surface area contributed by atoms with Crippen molar-refractivity contribution >= 4 is 69.5 Å². The van der Waals surface area contributed by atoms with Crippen molar-refractivity contribution < 1.29 is 0 Å². The van der Waals surface area contributed by atoms with E-state index >= 15 is 0 Å². The lowest BCUT2D eigenvalue weighted by atomic mass is 10.2. The van der Waals surface area contributed by atoms with Gasteiger partial charge in [-0.1, -0.05) is 59.2 Å². The average Bonchev–Trinajstić information content (AvgIpc) is 2.88. The minimum atomic E-state index is -0.230. The van der Waals surface area contributed by atoms with Crippen LogP contribution in [0.1, 0.15) is 25.7 Å². The molecule has 0 aliphatic carbocycles. The minimum Gasteiger partial charge on any atom is -0.267 e. The molecule has 0 bridgehead atoms. The summed E-state index contributed by atoms with van der Waals surface area (Å²) in [5.41, 5.74) is -0.461. The summed E-state index contributed by atoms with van der Waals surface area (Å²) in [7, 11) is 0. The van der Waals surface area contributed by atoms with Crippen LogP contribution in [0.2, 0.25) is 18.7 Å². The van der Waals surface area contributed by atoms with Gasteiger partial charge in [0, 0.05) is 13.1 Å². The first kappa shape index (κ1) is 18.4. The average molecular weight is 422 g/mol. The number of unbranched alkanes of at least 4 members (excludes halogenated alkanes) is 3. The van der Waals surface area contributed by atoms with Crippen LogP contribution in [0.15, 0.2) is 9.59 Å². The van der Waals surface area contributed by atoms with Crippen LogP contribution in [0.3, 0.4) is 0 Å². The Bertz CT molecular complexity index is 698. The largest absolute Gasteiger partial charge is 0.280 e. The molecule has 2 rings (SSSR count). The fourth-order valence-electron chi connectivity index (χ4n) is 1.90. The summed E-state index contributed by atoms with van der Waals surface area (Å²) < 4.78 is 3.79. The molecule has 0 aliphatic rings. The summed E-state index contributed by atoms with van der Waals surface area (Å²) in [6.45, 7) is 1.21. The van der Waals surface area contributed by atoms with Gasteiger partial charge in [-0.15, -0.1) is 0 Å². The Balaban J connectivity index is 1.71. The quantitative estimate of drug-likeness (QED) is 0.590. The first-order valence-corrected chi connectivity index (χ1v) is 9.58. The highest BCUT2D eigenvalue weighted by molar-refractivity contribution is 7.12. The summed E-state index contributed by atoms with van der Waals surface area (Å²) >= 11 is 25.5. The van der Waals surface area contributed by atoms with Crippen LogP contribution in [-0.4, -0.2) is 7.91 Å². The van der Waals surface area contributed by atoms with E-state index in [9.17, 15) is 9.59 Å². The molecule has 10 heteroatoms. The van der Waals surface area contributed by atoms with Crippen molar-refractivity contribution in [3.05, 3.63) is 39.4 Å². The lowest BCUT2D eigenvalue weighted by molar-refractivity contribution is 0.556. The van der Waals surface area contributed by atoms with Gasteiger partial charge < -0.3 is 0 Å². The van der Waals surface area contributed by atoms with Crippen LogP contribution < -0.4 is 11.1 Å². The molecular weight excluding hydrogens is 410 g/mol. The predicted octanol–water partition coefficient (Wildman–Crippen LogP) is 5.01. The molecule has 2 aromatic rings. The Labute approximate surface area is 155 Å². The van der Waals surface area contributed by atoms with E-state index in [2.05, 4.69) is 0 Å². The van der Waals surface area contributed by atoms with Crippen LogP contribution in [0, 0.1) is 0 Å². The summed E-state index contributed by atoms with van der Waals surface area (Å²) in [4.78, 5) is 23.3. The lowest BCUT2D eigenvalue weighted by Crippen LogP contribution is -2.14. The third-order valence-corrected chi connectivity index (χ3v) is 6.80. The van der Waals surface area contributed by atoms with Gasteiger partial charge in [0.1, 0.15) is 18.7 Å². The number of nitrogens with zero attached hydrogens (tertiary/aromatic N) is 2. The van der Waals surface area contributed by atoms with Gasteiger partial charge in [0.25, 0.3) is 11.1 Å². The fraction of sp³-hybridized carbons (Fsp3) is 0.500.